The summed E-state index contributed by atoms with van der Waals surface area (Å²) in [6.45, 7) is 7.56. The van der Waals surface area contributed by atoms with E-state index in [-0.39, 0.29) is 69.7 Å². The number of nitrogens with zero attached hydrogens (tertiary/aromatic N) is 5. The number of carboxylic acid groups (broad SMARTS) is 1. The average molecular weight is 767 g/mol. The summed E-state index contributed by atoms with van der Waals surface area (Å²) in [4.78, 5) is 38.2. The zero-order valence-corrected chi connectivity index (χ0v) is 30.7. The van der Waals surface area contributed by atoms with Crippen molar-refractivity contribution >= 4 is 66.9 Å². The summed E-state index contributed by atoms with van der Waals surface area (Å²) in [5.41, 5.74) is 2.11. The van der Waals surface area contributed by atoms with E-state index in [4.69, 9.17) is 45.3 Å². The van der Waals surface area contributed by atoms with E-state index in [2.05, 4.69) is 16.3 Å². The number of thiophene rings is 1. The van der Waals surface area contributed by atoms with Gasteiger partial charge in [0.2, 0.25) is 0 Å². The molecule has 3 atom stereocenters. The van der Waals surface area contributed by atoms with E-state index in [1.807, 2.05) is 0 Å². The number of nitrogens with one attached hydrogen (secondary N) is 1. The number of amides is 2. The Balaban J connectivity index is 1.31. The highest BCUT2D eigenvalue weighted by molar-refractivity contribution is 7.23. The molecular formula is C36H36ClFN6O8S. The third kappa shape index (κ3) is 6.44. The van der Waals surface area contributed by atoms with Gasteiger partial charge in [-0.2, -0.15) is 15.2 Å². The molecular weight excluding hydrogens is 731 g/mol. The van der Waals surface area contributed by atoms with Gasteiger partial charge in [0.15, 0.2) is 0 Å². The number of hydrogen-bond acceptors (Lipinski definition) is 12. The molecule has 2 aromatic heterocycles. The van der Waals surface area contributed by atoms with Crippen LogP contribution in [0.3, 0.4) is 0 Å². The monoisotopic (exact) mass is 766 g/mol. The summed E-state index contributed by atoms with van der Waals surface area (Å²) in [6.07, 6.45) is -0.525. The zero-order valence-electron chi connectivity index (χ0n) is 29.2. The summed E-state index contributed by atoms with van der Waals surface area (Å²) >= 11 is 8.36. The van der Waals surface area contributed by atoms with E-state index in [0.717, 1.165) is 35.3 Å². The van der Waals surface area contributed by atoms with Crippen molar-refractivity contribution in [2.45, 2.75) is 70.6 Å². The molecule has 4 aromatic rings. The SMILES string of the molecule is CC(C)(C)OC(=O)Nc1sc2c(F)ccc(-c3c4c(c5c(N6C7CCC6CN(C(=O)O)C7)nc(OC[C@H]6COCCO6)nc5c3Cl)COC4)c2c1C#N. The summed E-state index contributed by atoms with van der Waals surface area (Å²) in [5, 5.41) is 24.2. The fourth-order valence-electron chi connectivity index (χ4n) is 7.70. The Morgan fingerprint density at radius 3 is 2.57 bits per heavy atom. The second-order valence-corrected chi connectivity index (χ2v) is 15.8. The highest BCUT2D eigenvalue weighted by Gasteiger charge is 2.44. The smallest absolute Gasteiger partial charge is 0.412 e. The van der Waals surface area contributed by atoms with Gasteiger partial charge in [0.05, 0.1) is 59.2 Å². The van der Waals surface area contributed by atoms with Crippen molar-refractivity contribution in [1.29, 1.82) is 5.26 Å². The third-order valence-electron chi connectivity index (χ3n) is 9.82. The molecule has 6 heterocycles. The molecule has 14 nitrogen and oxygen atoms in total. The summed E-state index contributed by atoms with van der Waals surface area (Å²) in [7, 11) is 0. The van der Waals surface area contributed by atoms with Crippen LogP contribution in [0.25, 0.3) is 32.1 Å². The number of anilines is 2. The highest BCUT2D eigenvalue weighted by Crippen LogP contribution is 2.51. The number of benzene rings is 2. The van der Waals surface area contributed by atoms with Gasteiger partial charge in [-0.05, 0) is 56.4 Å². The topological polar surface area (TPSA) is 169 Å². The molecule has 3 saturated heterocycles. The van der Waals surface area contributed by atoms with Crippen molar-refractivity contribution in [2.75, 3.05) is 49.7 Å². The first-order chi connectivity index (χ1) is 25.4. The number of nitriles is 1. The lowest BCUT2D eigenvalue weighted by Gasteiger charge is -2.41. The molecule has 0 saturated carbocycles. The molecule has 0 radical (unpaired) electrons. The molecule has 4 aliphatic heterocycles. The van der Waals surface area contributed by atoms with Crippen molar-refractivity contribution in [3.8, 4) is 23.2 Å². The van der Waals surface area contributed by atoms with Gasteiger partial charge < -0.3 is 38.6 Å². The number of aromatic nitrogens is 2. The van der Waals surface area contributed by atoms with Gasteiger partial charge in [-0.1, -0.05) is 17.7 Å². The molecule has 2 unspecified atom stereocenters. The Labute approximate surface area is 312 Å². The van der Waals surface area contributed by atoms with Crippen LogP contribution in [-0.4, -0.2) is 95.5 Å². The zero-order chi connectivity index (χ0) is 37.2. The Hall–Kier alpha value is -4.53. The summed E-state index contributed by atoms with van der Waals surface area (Å²) in [6, 6.07) is 4.81. The van der Waals surface area contributed by atoms with Gasteiger partial charge in [0.25, 0.3) is 0 Å². The van der Waals surface area contributed by atoms with Gasteiger partial charge in [0.1, 0.15) is 41.0 Å². The number of piperazine rings is 1. The molecule has 3 fully saturated rings. The summed E-state index contributed by atoms with van der Waals surface area (Å²) in [5.74, 6) is -0.00242. The lowest BCUT2D eigenvalue weighted by atomic mass is 9.90. The standard InChI is InChI=1S/C36H36ClFN6O8S/c1-36(2,3)52-34(45)42-32-21(10-39)26-20(6-7-24(38)30(26)53-32)25-22-15-49-16-23(22)27-29(28(25)37)40-33(51-14-19-13-48-8-9-50-19)41-31(27)44-17-4-5-18(44)12-43(11-17)35(46)47/h6-7,17-19H,4-5,8-9,11-16H2,1-3H3,(H,42,45)(H,46,47)/t17?,18?,19-/m1/s1. The van der Waals surface area contributed by atoms with Crippen LogP contribution in [-0.2, 0) is 32.2 Å². The van der Waals surface area contributed by atoms with Crippen LogP contribution in [0.1, 0.15) is 50.3 Å². The fraction of sp³-hybridized carbons (Fsp3) is 0.472. The maximum Gasteiger partial charge on any atom is 0.412 e. The first-order valence-electron chi connectivity index (χ1n) is 17.3. The van der Waals surface area contributed by atoms with Crippen molar-refractivity contribution in [1.82, 2.24) is 14.9 Å². The van der Waals surface area contributed by atoms with E-state index in [0.29, 0.717) is 60.8 Å². The maximum absolute atomic E-state index is 15.6. The molecule has 0 spiro atoms. The Kier molecular flexibility index (Phi) is 9.18. The lowest BCUT2D eigenvalue weighted by Crippen LogP contribution is -2.55. The first-order valence-corrected chi connectivity index (χ1v) is 18.5. The minimum Gasteiger partial charge on any atom is -0.465 e. The molecule has 2 amide bonds. The van der Waals surface area contributed by atoms with Crippen LogP contribution >= 0.6 is 22.9 Å². The van der Waals surface area contributed by atoms with Crippen LogP contribution < -0.4 is 15.0 Å². The number of halogens is 2. The van der Waals surface area contributed by atoms with E-state index >= 15 is 4.39 Å². The van der Waals surface area contributed by atoms with Crippen molar-refractivity contribution < 1.29 is 42.8 Å². The van der Waals surface area contributed by atoms with E-state index in [9.17, 15) is 20.0 Å². The number of likely N-dealkylation sites (tertiary alicyclic amines) is 1. The Morgan fingerprint density at radius 2 is 1.89 bits per heavy atom. The minimum atomic E-state index is -0.963. The molecule has 17 heteroatoms. The number of carbonyl (C=O) groups excluding carboxylic acids is 1. The molecule has 53 heavy (non-hydrogen) atoms. The minimum absolute atomic E-state index is 0.0507. The normalized spacial score (nSPS) is 21.2. The number of ether oxygens (including phenoxy) is 5. The molecule has 2 bridgehead atoms. The predicted molar refractivity (Wildman–Crippen MR) is 193 cm³/mol. The van der Waals surface area contributed by atoms with Crippen LogP contribution in [0.15, 0.2) is 12.1 Å². The average Bonchev–Trinajstić information content (AvgIpc) is 3.81. The van der Waals surface area contributed by atoms with Crippen LogP contribution in [0.2, 0.25) is 5.02 Å². The largest absolute Gasteiger partial charge is 0.465 e. The number of carbonyl (C=O) groups is 2. The van der Waals surface area contributed by atoms with E-state index < -0.39 is 23.6 Å². The lowest BCUT2D eigenvalue weighted by molar-refractivity contribution is -0.102. The van der Waals surface area contributed by atoms with Gasteiger partial charge in [-0.3, -0.25) is 5.32 Å². The maximum atomic E-state index is 15.6. The van der Waals surface area contributed by atoms with Crippen LogP contribution in [0.4, 0.5) is 24.8 Å². The van der Waals surface area contributed by atoms with E-state index in [1.165, 1.54) is 11.0 Å². The van der Waals surface area contributed by atoms with Gasteiger partial charge >= 0.3 is 18.2 Å². The van der Waals surface area contributed by atoms with Gasteiger partial charge in [-0.15, -0.1) is 11.3 Å². The van der Waals surface area contributed by atoms with Crippen molar-refractivity contribution in [3.05, 3.63) is 39.7 Å². The Bertz CT molecular complexity index is 2190. The van der Waals surface area contributed by atoms with Gasteiger partial charge in [-0.25, -0.2) is 14.0 Å². The highest BCUT2D eigenvalue weighted by atomic mass is 35.5. The summed E-state index contributed by atoms with van der Waals surface area (Å²) < 4.78 is 44.7. The molecule has 4 aliphatic rings. The van der Waals surface area contributed by atoms with Crippen molar-refractivity contribution in [3.63, 3.8) is 0 Å². The molecule has 2 N–H and O–H groups in total. The van der Waals surface area contributed by atoms with Crippen LogP contribution in [0.5, 0.6) is 6.01 Å². The predicted octanol–water partition coefficient (Wildman–Crippen LogP) is 6.68. The fourth-order valence-corrected chi connectivity index (χ4v) is 9.12. The Morgan fingerprint density at radius 1 is 1.13 bits per heavy atom. The quantitative estimate of drug-likeness (QED) is 0.214. The number of hydrogen-bond donors (Lipinski definition) is 2. The molecule has 2 aromatic carbocycles. The number of fused-ring (bicyclic) bond motifs is 6. The molecule has 8 rings (SSSR count). The van der Waals surface area contributed by atoms with Gasteiger partial charge in [0, 0.05) is 36.1 Å². The number of rotatable bonds is 6. The molecule has 278 valence electrons. The first kappa shape index (κ1) is 35.5. The molecule has 0 aliphatic carbocycles. The van der Waals surface area contributed by atoms with Crippen LogP contribution in [0, 0.1) is 17.1 Å². The van der Waals surface area contributed by atoms with Crippen molar-refractivity contribution in [2.24, 2.45) is 0 Å². The second kappa shape index (κ2) is 13.7. The second-order valence-electron chi connectivity index (χ2n) is 14.4. The van der Waals surface area contributed by atoms with E-state index in [1.54, 1.807) is 26.8 Å². The third-order valence-corrected chi connectivity index (χ3v) is 11.3.